The molecule has 0 aromatic heterocycles. The first kappa shape index (κ1) is 14.8. The van der Waals surface area contributed by atoms with Crippen molar-refractivity contribution in [1.29, 1.82) is 0 Å². The molecule has 1 N–H and O–H groups in total. The standard InChI is InChI=1S/C15H24N2O4/c1-20-8-9-21-7-6-17-13(11-4-5-11)14(18)16-12(15(17)19)10-2-3-10/h10-13H,2-9H2,1H3,(H,16,18). The molecule has 1 heterocycles. The summed E-state index contributed by atoms with van der Waals surface area (Å²) in [6.07, 6.45) is 4.17. The first-order chi connectivity index (χ1) is 10.2. The highest BCUT2D eigenvalue weighted by atomic mass is 16.5. The average molecular weight is 296 g/mol. The first-order valence-corrected chi connectivity index (χ1v) is 7.90. The summed E-state index contributed by atoms with van der Waals surface area (Å²) in [5, 5.41) is 2.95. The van der Waals surface area contributed by atoms with Gasteiger partial charge < -0.3 is 19.7 Å². The number of hydrogen-bond donors (Lipinski definition) is 1. The molecule has 6 heteroatoms. The number of amides is 2. The fraction of sp³-hybridized carbons (Fsp3) is 0.867. The van der Waals surface area contributed by atoms with Crippen molar-refractivity contribution in [2.45, 2.75) is 37.8 Å². The van der Waals surface area contributed by atoms with Gasteiger partial charge in [-0.2, -0.15) is 0 Å². The van der Waals surface area contributed by atoms with E-state index in [1.807, 2.05) is 0 Å². The van der Waals surface area contributed by atoms with E-state index in [0.717, 1.165) is 25.7 Å². The summed E-state index contributed by atoms with van der Waals surface area (Å²) in [6.45, 7) is 2.03. The molecule has 118 valence electrons. The average Bonchev–Trinajstić information content (AvgIpc) is 3.34. The van der Waals surface area contributed by atoms with Gasteiger partial charge in [0.25, 0.3) is 0 Å². The molecular formula is C15H24N2O4. The van der Waals surface area contributed by atoms with Crippen LogP contribution in [-0.2, 0) is 19.1 Å². The summed E-state index contributed by atoms with van der Waals surface area (Å²) in [5.74, 6) is 0.807. The maximum Gasteiger partial charge on any atom is 0.246 e. The smallest absolute Gasteiger partial charge is 0.246 e. The second-order valence-electron chi connectivity index (χ2n) is 6.24. The highest BCUT2D eigenvalue weighted by Gasteiger charge is 2.51. The Morgan fingerprint density at radius 2 is 1.81 bits per heavy atom. The summed E-state index contributed by atoms with van der Waals surface area (Å²) in [5.41, 5.74) is 0. The van der Waals surface area contributed by atoms with E-state index in [2.05, 4.69) is 5.32 Å². The highest BCUT2D eigenvalue weighted by molar-refractivity contribution is 5.97. The van der Waals surface area contributed by atoms with Crippen LogP contribution in [0, 0.1) is 11.8 Å². The van der Waals surface area contributed by atoms with Crippen LogP contribution in [0.1, 0.15) is 25.7 Å². The van der Waals surface area contributed by atoms with Crippen molar-refractivity contribution in [3.8, 4) is 0 Å². The van der Waals surface area contributed by atoms with Crippen molar-refractivity contribution in [2.75, 3.05) is 33.5 Å². The summed E-state index contributed by atoms with van der Waals surface area (Å²) in [6, 6.07) is -0.579. The summed E-state index contributed by atoms with van der Waals surface area (Å²) >= 11 is 0. The zero-order valence-corrected chi connectivity index (χ0v) is 12.5. The van der Waals surface area contributed by atoms with Crippen LogP contribution in [0.25, 0.3) is 0 Å². The van der Waals surface area contributed by atoms with Gasteiger partial charge in [0, 0.05) is 13.7 Å². The zero-order chi connectivity index (χ0) is 14.8. The first-order valence-electron chi connectivity index (χ1n) is 7.90. The van der Waals surface area contributed by atoms with Gasteiger partial charge in [-0.1, -0.05) is 0 Å². The molecule has 1 aliphatic heterocycles. The quantitative estimate of drug-likeness (QED) is 0.648. The summed E-state index contributed by atoms with van der Waals surface area (Å²) in [7, 11) is 1.63. The number of piperazine rings is 1. The van der Waals surface area contributed by atoms with E-state index < -0.39 is 0 Å². The van der Waals surface area contributed by atoms with Gasteiger partial charge in [0.2, 0.25) is 11.8 Å². The van der Waals surface area contributed by atoms with Gasteiger partial charge in [0.1, 0.15) is 12.1 Å². The number of nitrogens with one attached hydrogen (secondary N) is 1. The van der Waals surface area contributed by atoms with E-state index in [1.54, 1.807) is 12.0 Å². The molecule has 21 heavy (non-hydrogen) atoms. The number of carbonyl (C=O) groups is 2. The second kappa shape index (κ2) is 6.32. The molecule has 3 rings (SSSR count). The number of nitrogens with zero attached hydrogens (tertiary/aromatic N) is 1. The molecule has 0 aromatic rings. The highest BCUT2D eigenvalue weighted by Crippen LogP contribution is 2.40. The van der Waals surface area contributed by atoms with Crippen molar-refractivity contribution in [1.82, 2.24) is 10.2 Å². The summed E-state index contributed by atoms with van der Waals surface area (Å²) in [4.78, 5) is 26.8. The molecule has 0 spiro atoms. The van der Waals surface area contributed by atoms with Crippen LogP contribution in [0.5, 0.6) is 0 Å². The topological polar surface area (TPSA) is 67.9 Å². The van der Waals surface area contributed by atoms with Gasteiger partial charge in [0.15, 0.2) is 0 Å². The van der Waals surface area contributed by atoms with E-state index in [-0.39, 0.29) is 23.9 Å². The predicted molar refractivity (Wildman–Crippen MR) is 75.6 cm³/mol. The third kappa shape index (κ3) is 3.37. The maximum atomic E-state index is 12.6. The molecule has 2 aliphatic carbocycles. The maximum absolute atomic E-state index is 12.6. The van der Waals surface area contributed by atoms with Crippen LogP contribution in [0.2, 0.25) is 0 Å². The Morgan fingerprint density at radius 1 is 1.10 bits per heavy atom. The van der Waals surface area contributed by atoms with Crippen LogP contribution in [0.15, 0.2) is 0 Å². The van der Waals surface area contributed by atoms with E-state index in [1.165, 1.54) is 0 Å². The number of rotatable bonds is 8. The fourth-order valence-electron chi connectivity index (χ4n) is 3.04. The van der Waals surface area contributed by atoms with Crippen LogP contribution < -0.4 is 5.32 Å². The number of ether oxygens (including phenoxy) is 2. The lowest BCUT2D eigenvalue weighted by Gasteiger charge is -2.39. The van der Waals surface area contributed by atoms with Crippen LogP contribution in [0.3, 0.4) is 0 Å². The Balaban J connectivity index is 1.60. The SMILES string of the molecule is COCCOCCN1C(=O)C(C2CC2)NC(=O)C1C1CC1. The minimum Gasteiger partial charge on any atom is -0.382 e. The Kier molecular flexibility index (Phi) is 4.45. The predicted octanol–water partition coefficient (Wildman–Crippen LogP) is 0.165. The number of methoxy groups -OCH3 is 1. The van der Waals surface area contributed by atoms with Crippen molar-refractivity contribution < 1.29 is 19.1 Å². The van der Waals surface area contributed by atoms with Crippen molar-refractivity contribution in [2.24, 2.45) is 11.8 Å². The lowest BCUT2D eigenvalue weighted by molar-refractivity contribution is -0.151. The fourth-order valence-corrected chi connectivity index (χ4v) is 3.04. The third-order valence-electron chi connectivity index (χ3n) is 4.52. The monoisotopic (exact) mass is 296 g/mol. The molecule has 2 unspecified atom stereocenters. The van der Waals surface area contributed by atoms with Gasteiger partial charge in [-0.15, -0.1) is 0 Å². The van der Waals surface area contributed by atoms with Crippen molar-refractivity contribution in [3.05, 3.63) is 0 Å². The molecule has 6 nitrogen and oxygen atoms in total. The van der Waals surface area contributed by atoms with Crippen molar-refractivity contribution >= 4 is 11.8 Å². The van der Waals surface area contributed by atoms with Gasteiger partial charge in [-0.3, -0.25) is 9.59 Å². The van der Waals surface area contributed by atoms with Gasteiger partial charge in [-0.05, 0) is 37.5 Å². The Labute approximate surface area is 125 Å². The Hall–Kier alpha value is -1.14. The molecule has 0 aromatic carbocycles. The van der Waals surface area contributed by atoms with E-state index in [4.69, 9.17) is 9.47 Å². The largest absolute Gasteiger partial charge is 0.382 e. The molecule has 2 saturated carbocycles. The molecule has 2 amide bonds. The molecule has 3 aliphatic rings. The molecule has 3 fully saturated rings. The summed E-state index contributed by atoms with van der Waals surface area (Å²) < 4.78 is 10.4. The lowest BCUT2D eigenvalue weighted by atomic mass is 10.0. The molecule has 1 saturated heterocycles. The van der Waals surface area contributed by atoms with Gasteiger partial charge in [0.05, 0.1) is 19.8 Å². The molecule has 2 atom stereocenters. The van der Waals surface area contributed by atoms with Crippen LogP contribution in [0.4, 0.5) is 0 Å². The number of hydrogen-bond acceptors (Lipinski definition) is 4. The van der Waals surface area contributed by atoms with Gasteiger partial charge >= 0.3 is 0 Å². The van der Waals surface area contributed by atoms with E-state index in [0.29, 0.717) is 38.2 Å². The molecular weight excluding hydrogens is 272 g/mol. The zero-order valence-electron chi connectivity index (χ0n) is 12.5. The van der Waals surface area contributed by atoms with Crippen LogP contribution >= 0.6 is 0 Å². The lowest BCUT2D eigenvalue weighted by Crippen LogP contribution is -2.65. The van der Waals surface area contributed by atoms with Crippen LogP contribution in [-0.4, -0.2) is 62.3 Å². The Morgan fingerprint density at radius 3 is 2.43 bits per heavy atom. The van der Waals surface area contributed by atoms with Gasteiger partial charge in [-0.25, -0.2) is 0 Å². The Bertz CT molecular complexity index is 406. The second-order valence-corrected chi connectivity index (χ2v) is 6.24. The third-order valence-corrected chi connectivity index (χ3v) is 4.52. The molecule has 0 radical (unpaired) electrons. The minimum atomic E-state index is -0.300. The van der Waals surface area contributed by atoms with Crippen molar-refractivity contribution in [3.63, 3.8) is 0 Å². The number of carbonyl (C=O) groups excluding carboxylic acids is 2. The molecule has 0 bridgehead atoms. The van der Waals surface area contributed by atoms with E-state index >= 15 is 0 Å². The normalized spacial score (nSPS) is 29.7. The van der Waals surface area contributed by atoms with E-state index in [9.17, 15) is 9.59 Å². The minimum absolute atomic E-state index is 0.0332.